The molecule has 0 aliphatic carbocycles. The minimum absolute atomic E-state index is 0.870. The van der Waals surface area contributed by atoms with E-state index in [1.54, 1.807) is 0 Å². The highest BCUT2D eigenvalue weighted by atomic mass is 16.5. The predicted octanol–water partition coefficient (Wildman–Crippen LogP) is 9.98. The highest BCUT2D eigenvalue weighted by Crippen LogP contribution is 2.51. The van der Waals surface area contributed by atoms with Crippen LogP contribution in [0.1, 0.15) is 0 Å². The molecule has 0 atom stereocenters. The van der Waals surface area contributed by atoms with Crippen LogP contribution in [-0.2, 0) is 0 Å². The number of para-hydroxylation sites is 4. The van der Waals surface area contributed by atoms with Crippen LogP contribution in [0, 0.1) is 0 Å². The Morgan fingerprint density at radius 2 is 1.19 bits per heavy atom. The molecule has 3 heteroatoms. The maximum atomic E-state index is 6.48. The molecule has 0 saturated heterocycles. The van der Waals surface area contributed by atoms with Gasteiger partial charge in [0, 0.05) is 32.8 Å². The molecule has 1 aliphatic heterocycles. The number of hydrogen-bond acceptors (Lipinski definition) is 3. The number of fused-ring (bicyclic) bond motifs is 5. The lowest BCUT2D eigenvalue weighted by Gasteiger charge is -2.29. The average Bonchev–Trinajstić information content (AvgIpc) is 3.34. The van der Waals surface area contributed by atoms with Gasteiger partial charge in [0.1, 0.15) is 17.1 Å². The molecule has 1 aliphatic rings. The molecule has 0 bridgehead atoms. The van der Waals surface area contributed by atoms with Gasteiger partial charge in [-0.1, -0.05) is 84.9 Å². The Balaban J connectivity index is 1.45. The topological polar surface area (TPSA) is 25.6 Å². The highest BCUT2D eigenvalue weighted by molar-refractivity contribution is 6.14. The first kappa shape index (κ1) is 20.2. The second kappa shape index (κ2) is 7.74. The van der Waals surface area contributed by atoms with Crippen molar-refractivity contribution in [3.63, 3.8) is 0 Å². The Bertz CT molecular complexity index is 1970. The monoisotopic (exact) mass is 475 g/mol. The van der Waals surface area contributed by atoms with Gasteiger partial charge >= 0.3 is 0 Å². The van der Waals surface area contributed by atoms with Crippen LogP contribution in [0.3, 0.4) is 0 Å². The van der Waals surface area contributed by atoms with Gasteiger partial charge in [0.2, 0.25) is 0 Å². The average molecular weight is 476 g/mol. The fourth-order valence-electron chi connectivity index (χ4n) is 5.65. The molecule has 1 aromatic heterocycles. The minimum Gasteiger partial charge on any atom is -0.456 e. The molecule has 6 aromatic carbocycles. The fraction of sp³-hybridized carbons (Fsp3) is 0. The van der Waals surface area contributed by atoms with Gasteiger partial charge < -0.3 is 14.1 Å². The van der Waals surface area contributed by atoms with Gasteiger partial charge in [-0.3, -0.25) is 0 Å². The van der Waals surface area contributed by atoms with Crippen LogP contribution < -0.4 is 9.64 Å². The van der Waals surface area contributed by atoms with E-state index in [1.807, 2.05) is 30.3 Å². The summed E-state index contributed by atoms with van der Waals surface area (Å²) in [6.45, 7) is 0. The summed E-state index contributed by atoms with van der Waals surface area (Å²) in [4.78, 5) is 2.30. The van der Waals surface area contributed by atoms with Crippen molar-refractivity contribution in [2.45, 2.75) is 0 Å². The van der Waals surface area contributed by atoms with Crippen LogP contribution in [0.25, 0.3) is 43.8 Å². The third-order valence-corrected chi connectivity index (χ3v) is 7.26. The summed E-state index contributed by atoms with van der Waals surface area (Å²) in [5.41, 5.74) is 7.19. The lowest BCUT2D eigenvalue weighted by Crippen LogP contribution is -2.11. The third-order valence-electron chi connectivity index (χ3n) is 7.26. The van der Waals surface area contributed by atoms with Crippen LogP contribution in [0.4, 0.5) is 17.1 Å². The summed E-state index contributed by atoms with van der Waals surface area (Å²) in [7, 11) is 0. The summed E-state index contributed by atoms with van der Waals surface area (Å²) in [6, 6.07) is 44.1. The second-order valence-corrected chi connectivity index (χ2v) is 9.33. The molecule has 8 rings (SSSR count). The van der Waals surface area contributed by atoms with Gasteiger partial charge in [0.15, 0.2) is 5.58 Å². The van der Waals surface area contributed by atoms with Crippen molar-refractivity contribution in [2.75, 3.05) is 4.90 Å². The Morgan fingerprint density at radius 3 is 2.14 bits per heavy atom. The van der Waals surface area contributed by atoms with Crippen molar-refractivity contribution in [3.8, 4) is 22.6 Å². The number of ether oxygens (including phenoxy) is 1. The molecule has 7 aromatic rings. The molecule has 0 amide bonds. The third kappa shape index (κ3) is 2.95. The Kier molecular flexibility index (Phi) is 4.23. The molecule has 0 saturated carbocycles. The summed E-state index contributed by atoms with van der Waals surface area (Å²) >= 11 is 0. The van der Waals surface area contributed by atoms with E-state index < -0.39 is 0 Å². The van der Waals surface area contributed by atoms with Gasteiger partial charge in [-0.05, 0) is 48.0 Å². The first-order valence-electron chi connectivity index (χ1n) is 12.5. The maximum absolute atomic E-state index is 6.48. The second-order valence-electron chi connectivity index (χ2n) is 9.33. The van der Waals surface area contributed by atoms with Crippen LogP contribution in [-0.4, -0.2) is 0 Å². The molecule has 0 fully saturated rings. The van der Waals surface area contributed by atoms with E-state index >= 15 is 0 Å². The summed E-state index contributed by atoms with van der Waals surface area (Å²) in [5.74, 6) is 1.77. The molecule has 174 valence electrons. The number of anilines is 3. The Labute approximate surface area is 213 Å². The lowest BCUT2D eigenvalue weighted by molar-refractivity contribution is 0.487. The molecule has 3 nitrogen and oxygen atoms in total. The standard InChI is InChI=1S/C34H21NO2/c1-2-10-22(11-3-1)35(29-16-8-14-26-24-13-5-7-18-31(24)37-34(26)29)28-21-20-25-23-12-4-6-17-30(23)36-32-19-9-15-27(28)33(25)32/h1-21H. The zero-order valence-corrected chi connectivity index (χ0v) is 19.9. The molecule has 2 heterocycles. The summed E-state index contributed by atoms with van der Waals surface area (Å²) < 4.78 is 12.8. The molecule has 0 N–H and O–H groups in total. The summed E-state index contributed by atoms with van der Waals surface area (Å²) in [5, 5.41) is 4.47. The molecule has 37 heavy (non-hydrogen) atoms. The van der Waals surface area contributed by atoms with E-state index in [9.17, 15) is 0 Å². The minimum atomic E-state index is 0.870. The number of nitrogens with zero attached hydrogens (tertiary/aromatic N) is 1. The largest absolute Gasteiger partial charge is 0.456 e. The molecule has 0 radical (unpaired) electrons. The van der Waals surface area contributed by atoms with Crippen LogP contribution >= 0.6 is 0 Å². The van der Waals surface area contributed by atoms with Gasteiger partial charge in [-0.25, -0.2) is 0 Å². The molecular weight excluding hydrogens is 454 g/mol. The van der Waals surface area contributed by atoms with Gasteiger partial charge in [-0.2, -0.15) is 0 Å². The van der Waals surface area contributed by atoms with Gasteiger partial charge in [-0.15, -0.1) is 0 Å². The van der Waals surface area contributed by atoms with E-state index in [0.717, 1.165) is 66.8 Å². The van der Waals surface area contributed by atoms with Crippen LogP contribution in [0.5, 0.6) is 11.5 Å². The van der Waals surface area contributed by atoms with Crippen molar-refractivity contribution >= 4 is 49.8 Å². The number of hydrogen-bond donors (Lipinski definition) is 0. The van der Waals surface area contributed by atoms with E-state index in [2.05, 4.69) is 102 Å². The van der Waals surface area contributed by atoms with Crippen LogP contribution in [0.15, 0.2) is 132 Å². The zero-order chi connectivity index (χ0) is 24.3. The number of furan rings is 1. The SMILES string of the molecule is c1ccc(N(c2ccc3c4c(cccc24)Oc2ccccc2-3)c2cccc3c2oc2ccccc23)cc1. The molecule has 0 spiro atoms. The van der Waals surface area contributed by atoms with E-state index in [1.165, 1.54) is 5.56 Å². The first-order valence-corrected chi connectivity index (χ1v) is 12.5. The number of benzene rings is 6. The maximum Gasteiger partial charge on any atom is 0.159 e. The Morgan fingerprint density at radius 1 is 0.459 bits per heavy atom. The summed E-state index contributed by atoms with van der Waals surface area (Å²) in [6.07, 6.45) is 0. The quantitative estimate of drug-likeness (QED) is 0.254. The van der Waals surface area contributed by atoms with Gasteiger partial charge in [0.25, 0.3) is 0 Å². The van der Waals surface area contributed by atoms with E-state index in [-0.39, 0.29) is 0 Å². The van der Waals surface area contributed by atoms with Crippen molar-refractivity contribution in [3.05, 3.63) is 127 Å². The van der Waals surface area contributed by atoms with Gasteiger partial charge in [0.05, 0.1) is 11.4 Å². The van der Waals surface area contributed by atoms with Crippen molar-refractivity contribution in [1.29, 1.82) is 0 Å². The first-order chi connectivity index (χ1) is 18.4. The molecular formula is C34H21NO2. The fourth-order valence-corrected chi connectivity index (χ4v) is 5.65. The zero-order valence-electron chi connectivity index (χ0n) is 19.9. The Hall–Kier alpha value is -5.02. The van der Waals surface area contributed by atoms with Crippen molar-refractivity contribution < 1.29 is 9.15 Å². The van der Waals surface area contributed by atoms with E-state index in [4.69, 9.17) is 9.15 Å². The van der Waals surface area contributed by atoms with Crippen LogP contribution in [0.2, 0.25) is 0 Å². The van der Waals surface area contributed by atoms with Crippen molar-refractivity contribution in [2.24, 2.45) is 0 Å². The smallest absolute Gasteiger partial charge is 0.159 e. The lowest BCUT2D eigenvalue weighted by atomic mass is 9.93. The predicted molar refractivity (Wildman–Crippen MR) is 151 cm³/mol. The number of rotatable bonds is 3. The normalized spacial score (nSPS) is 12.0. The molecule has 0 unspecified atom stereocenters. The van der Waals surface area contributed by atoms with Crippen molar-refractivity contribution in [1.82, 2.24) is 0 Å². The van der Waals surface area contributed by atoms with E-state index in [0.29, 0.717) is 0 Å². The highest BCUT2D eigenvalue weighted by Gasteiger charge is 2.25.